The van der Waals surface area contributed by atoms with E-state index in [1.54, 1.807) is 0 Å². The molecule has 0 heterocycles. The molecule has 0 aliphatic rings. The number of carbonyl (C=O) groups is 1. The summed E-state index contributed by atoms with van der Waals surface area (Å²) in [5.74, 6) is -3.26. The third-order valence-electron chi connectivity index (χ3n) is 1.86. The number of carbonyl (C=O) groups excluding carboxylic acids is 1. The molecule has 15 heavy (non-hydrogen) atoms. The average molecular weight is 218 g/mol. The Morgan fingerprint density at radius 3 is 2.47 bits per heavy atom. The quantitative estimate of drug-likeness (QED) is 0.339. The summed E-state index contributed by atoms with van der Waals surface area (Å²) in [6, 6.07) is 0. The van der Waals surface area contributed by atoms with Crippen LogP contribution in [0.1, 0.15) is 33.1 Å². The van der Waals surface area contributed by atoms with Crippen molar-refractivity contribution in [1.82, 2.24) is 0 Å². The van der Waals surface area contributed by atoms with E-state index in [9.17, 15) is 20.1 Å². The highest BCUT2D eigenvalue weighted by Gasteiger charge is 2.35. The first kappa shape index (κ1) is 14.1. The lowest BCUT2D eigenvalue weighted by Crippen LogP contribution is -2.45. The third kappa shape index (κ3) is 4.92. The van der Waals surface area contributed by atoms with Crippen molar-refractivity contribution in [3.05, 3.63) is 12.2 Å². The predicted molar refractivity (Wildman–Crippen MR) is 53.6 cm³/mol. The van der Waals surface area contributed by atoms with Crippen LogP contribution in [0.3, 0.4) is 0 Å². The Labute approximate surface area is 89.0 Å². The summed E-state index contributed by atoms with van der Waals surface area (Å²) in [5, 5.41) is 27.9. The Bertz CT molecular complexity index is 234. The van der Waals surface area contributed by atoms with E-state index in [2.05, 4.69) is 11.3 Å². The summed E-state index contributed by atoms with van der Waals surface area (Å²) in [5.41, 5.74) is 0.0836. The Hall–Kier alpha value is -0.910. The minimum absolute atomic E-state index is 0.0614. The van der Waals surface area contributed by atoms with Crippen molar-refractivity contribution < 1.29 is 24.9 Å². The Morgan fingerprint density at radius 1 is 1.53 bits per heavy atom. The first-order valence-corrected chi connectivity index (χ1v) is 4.80. The topological polar surface area (TPSA) is 87.0 Å². The van der Waals surface area contributed by atoms with E-state index in [-0.39, 0.29) is 12.0 Å². The van der Waals surface area contributed by atoms with Crippen LogP contribution >= 0.6 is 0 Å². The monoisotopic (exact) mass is 218 g/mol. The van der Waals surface area contributed by atoms with Gasteiger partial charge >= 0.3 is 5.97 Å². The molecule has 0 radical (unpaired) electrons. The fourth-order valence-corrected chi connectivity index (χ4v) is 0.857. The molecule has 1 unspecified atom stereocenters. The highest BCUT2D eigenvalue weighted by Crippen LogP contribution is 2.17. The summed E-state index contributed by atoms with van der Waals surface area (Å²) in [7, 11) is 0. The number of hydrogen-bond acceptors (Lipinski definition) is 5. The van der Waals surface area contributed by atoms with E-state index in [0.717, 1.165) is 6.42 Å². The SMILES string of the molecule is C=C(C)C(=O)OC(O)C(O)(O)CCCC. The van der Waals surface area contributed by atoms with Gasteiger partial charge in [-0.05, 0) is 13.3 Å². The summed E-state index contributed by atoms with van der Waals surface area (Å²) in [6.45, 7) is 6.57. The maximum Gasteiger partial charge on any atom is 0.335 e. The molecule has 0 fully saturated rings. The zero-order valence-corrected chi connectivity index (χ0v) is 9.06. The molecule has 0 aromatic rings. The summed E-state index contributed by atoms with van der Waals surface area (Å²) < 4.78 is 4.39. The first-order chi connectivity index (χ1) is 6.81. The molecule has 0 aliphatic heterocycles. The number of rotatable bonds is 6. The predicted octanol–water partition coefficient (Wildman–Crippen LogP) is 0.295. The normalized spacial score (nSPS) is 13.4. The van der Waals surface area contributed by atoms with Crippen molar-refractivity contribution in [2.75, 3.05) is 0 Å². The summed E-state index contributed by atoms with van der Waals surface area (Å²) in [6.07, 6.45) is -0.763. The average Bonchev–Trinajstić information content (AvgIpc) is 2.14. The van der Waals surface area contributed by atoms with E-state index in [1.807, 2.05) is 6.92 Å². The number of aliphatic hydroxyl groups is 3. The molecular weight excluding hydrogens is 200 g/mol. The van der Waals surface area contributed by atoms with Gasteiger partial charge in [-0.25, -0.2) is 4.79 Å². The van der Waals surface area contributed by atoms with Gasteiger partial charge in [-0.2, -0.15) is 0 Å². The minimum atomic E-state index is -2.40. The molecule has 88 valence electrons. The second kappa shape index (κ2) is 5.85. The first-order valence-electron chi connectivity index (χ1n) is 4.80. The zero-order valence-electron chi connectivity index (χ0n) is 9.06. The minimum Gasteiger partial charge on any atom is -0.427 e. The van der Waals surface area contributed by atoms with Gasteiger partial charge in [0.05, 0.1) is 0 Å². The van der Waals surface area contributed by atoms with Gasteiger partial charge in [0.1, 0.15) is 0 Å². The molecule has 5 heteroatoms. The van der Waals surface area contributed by atoms with Crippen LogP contribution in [0.25, 0.3) is 0 Å². The molecule has 3 N–H and O–H groups in total. The Morgan fingerprint density at radius 2 is 2.07 bits per heavy atom. The number of hydrogen-bond donors (Lipinski definition) is 3. The maximum atomic E-state index is 11.0. The molecule has 0 aliphatic carbocycles. The molecule has 0 saturated heterocycles. The van der Waals surface area contributed by atoms with Gasteiger partial charge in [0.25, 0.3) is 6.29 Å². The largest absolute Gasteiger partial charge is 0.427 e. The van der Waals surface area contributed by atoms with E-state index >= 15 is 0 Å². The second-order valence-electron chi connectivity index (χ2n) is 3.52. The van der Waals surface area contributed by atoms with Gasteiger partial charge in [0.2, 0.25) is 5.79 Å². The fraction of sp³-hybridized carbons (Fsp3) is 0.700. The third-order valence-corrected chi connectivity index (χ3v) is 1.86. The van der Waals surface area contributed by atoms with E-state index in [1.165, 1.54) is 6.92 Å². The van der Waals surface area contributed by atoms with Crippen LogP contribution < -0.4 is 0 Å². The van der Waals surface area contributed by atoms with Crippen molar-refractivity contribution in [2.45, 2.75) is 45.2 Å². The number of esters is 1. The molecule has 0 amide bonds. The Kier molecular flexibility index (Phi) is 5.49. The smallest absolute Gasteiger partial charge is 0.335 e. The second-order valence-corrected chi connectivity index (χ2v) is 3.52. The van der Waals surface area contributed by atoms with E-state index in [4.69, 9.17) is 0 Å². The maximum absolute atomic E-state index is 11.0. The fourth-order valence-electron chi connectivity index (χ4n) is 0.857. The molecule has 1 atom stereocenters. The van der Waals surface area contributed by atoms with Crippen molar-refractivity contribution in [3.63, 3.8) is 0 Å². The van der Waals surface area contributed by atoms with Crippen molar-refractivity contribution in [2.24, 2.45) is 0 Å². The lowest BCUT2D eigenvalue weighted by atomic mass is 10.1. The van der Waals surface area contributed by atoms with Gasteiger partial charge in [0, 0.05) is 12.0 Å². The van der Waals surface area contributed by atoms with Crippen LogP contribution in [0.2, 0.25) is 0 Å². The molecule has 0 saturated carbocycles. The summed E-state index contributed by atoms with van der Waals surface area (Å²) >= 11 is 0. The highest BCUT2D eigenvalue weighted by atomic mass is 16.7. The summed E-state index contributed by atoms with van der Waals surface area (Å²) in [4.78, 5) is 11.0. The zero-order chi connectivity index (χ0) is 12.1. The van der Waals surface area contributed by atoms with E-state index < -0.39 is 18.0 Å². The van der Waals surface area contributed by atoms with Gasteiger partial charge in [-0.1, -0.05) is 19.9 Å². The molecule has 0 spiro atoms. The van der Waals surface area contributed by atoms with Crippen LogP contribution in [-0.4, -0.2) is 33.4 Å². The van der Waals surface area contributed by atoms with Crippen molar-refractivity contribution in [3.8, 4) is 0 Å². The van der Waals surface area contributed by atoms with Gasteiger partial charge in [0.15, 0.2) is 0 Å². The van der Waals surface area contributed by atoms with Crippen LogP contribution in [0, 0.1) is 0 Å². The van der Waals surface area contributed by atoms with Crippen LogP contribution in [0.4, 0.5) is 0 Å². The molecular formula is C10H18O5. The van der Waals surface area contributed by atoms with Gasteiger partial charge in [-0.3, -0.25) is 0 Å². The lowest BCUT2D eigenvalue weighted by Gasteiger charge is -2.26. The molecule has 0 aromatic carbocycles. The van der Waals surface area contributed by atoms with Crippen LogP contribution in [-0.2, 0) is 9.53 Å². The molecule has 0 aromatic heterocycles. The van der Waals surface area contributed by atoms with Crippen molar-refractivity contribution >= 4 is 5.97 Å². The Balaban J connectivity index is 4.23. The van der Waals surface area contributed by atoms with Gasteiger partial charge < -0.3 is 20.1 Å². The number of unbranched alkanes of at least 4 members (excludes halogenated alkanes) is 1. The number of ether oxygens (including phenoxy) is 1. The number of aliphatic hydroxyl groups excluding tert-OH is 1. The van der Waals surface area contributed by atoms with Crippen LogP contribution in [0.15, 0.2) is 12.2 Å². The molecule has 0 rings (SSSR count). The highest BCUT2D eigenvalue weighted by molar-refractivity contribution is 5.87. The standard InChI is InChI=1S/C10H18O5/c1-4-5-6-10(13,14)9(12)15-8(11)7(2)3/h9,12-14H,2,4-6H2,1,3H3. The van der Waals surface area contributed by atoms with E-state index in [0.29, 0.717) is 6.42 Å². The van der Waals surface area contributed by atoms with Gasteiger partial charge in [-0.15, -0.1) is 0 Å². The van der Waals surface area contributed by atoms with Crippen molar-refractivity contribution in [1.29, 1.82) is 0 Å². The molecule has 0 bridgehead atoms. The lowest BCUT2D eigenvalue weighted by molar-refractivity contribution is -0.297. The molecule has 5 nitrogen and oxygen atoms in total. The van der Waals surface area contributed by atoms with Crippen LogP contribution in [0.5, 0.6) is 0 Å².